The lowest BCUT2D eigenvalue weighted by atomic mass is 10.0. The minimum Gasteiger partial charge on any atom is -0.238 e. The SMILES string of the molecule is C=CS(=O)NC(CCCCCCC)CCCCCCC. The molecular weight excluding hydrogens is 266 g/mol. The molecule has 1 N–H and O–H groups in total. The van der Waals surface area contributed by atoms with E-state index >= 15 is 0 Å². The molecule has 0 saturated heterocycles. The van der Waals surface area contributed by atoms with Crippen LogP contribution in [0.4, 0.5) is 0 Å². The third kappa shape index (κ3) is 12.9. The van der Waals surface area contributed by atoms with Gasteiger partial charge in [-0.05, 0) is 12.8 Å². The molecule has 3 heteroatoms. The predicted octanol–water partition coefficient (Wildman–Crippen LogP) is 5.47. The summed E-state index contributed by atoms with van der Waals surface area (Å²) in [5, 5.41) is 1.50. The van der Waals surface area contributed by atoms with Gasteiger partial charge in [0.25, 0.3) is 0 Å². The molecule has 0 fully saturated rings. The van der Waals surface area contributed by atoms with Gasteiger partial charge in [-0.25, -0.2) is 8.93 Å². The summed E-state index contributed by atoms with van der Waals surface area (Å²) in [4.78, 5) is 0. The van der Waals surface area contributed by atoms with Gasteiger partial charge in [-0.3, -0.25) is 0 Å². The highest BCUT2D eigenvalue weighted by Crippen LogP contribution is 2.14. The first-order valence-electron chi connectivity index (χ1n) is 8.53. The summed E-state index contributed by atoms with van der Waals surface area (Å²) in [5.41, 5.74) is 0. The Morgan fingerprint density at radius 2 is 1.35 bits per heavy atom. The monoisotopic (exact) mass is 301 g/mol. The molecule has 0 rings (SSSR count). The van der Waals surface area contributed by atoms with E-state index in [0.29, 0.717) is 6.04 Å². The lowest BCUT2D eigenvalue weighted by molar-refractivity contribution is 0.465. The summed E-state index contributed by atoms with van der Waals surface area (Å²) >= 11 is 0. The summed E-state index contributed by atoms with van der Waals surface area (Å²) in [5.74, 6) is 0. The fourth-order valence-corrected chi connectivity index (χ4v) is 3.12. The van der Waals surface area contributed by atoms with Crippen molar-refractivity contribution in [2.24, 2.45) is 0 Å². The van der Waals surface area contributed by atoms with Gasteiger partial charge in [0.15, 0.2) is 0 Å². The van der Waals surface area contributed by atoms with Crippen LogP contribution in [0.2, 0.25) is 0 Å². The van der Waals surface area contributed by atoms with Crippen LogP contribution in [0, 0.1) is 0 Å². The van der Waals surface area contributed by atoms with E-state index in [2.05, 4.69) is 25.1 Å². The number of hydrogen-bond acceptors (Lipinski definition) is 1. The molecule has 0 aromatic heterocycles. The van der Waals surface area contributed by atoms with Crippen molar-refractivity contribution in [2.45, 2.75) is 96.9 Å². The van der Waals surface area contributed by atoms with Crippen LogP contribution in [-0.4, -0.2) is 10.3 Å². The van der Waals surface area contributed by atoms with E-state index in [1.807, 2.05) is 0 Å². The summed E-state index contributed by atoms with van der Waals surface area (Å²) < 4.78 is 14.8. The van der Waals surface area contributed by atoms with Crippen molar-refractivity contribution in [1.29, 1.82) is 0 Å². The Morgan fingerprint density at radius 1 is 0.900 bits per heavy atom. The first kappa shape index (κ1) is 19.9. The first-order valence-corrected chi connectivity index (χ1v) is 9.75. The maximum atomic E-state index is 11.6. The van der Waals surface area contributed by atoms with Crippen LogP contribution in [0.5, 0.6) is 0 Å². The normalized spacial score (nSPS) is 12.8. The first-order chi connectivity index (χ1) is 9.74. The van der Waals surface area contributed by atoms with Gasteiger partial charge in [0.2, 0.25) is 0 Å². The van der Waals surface area contributed by atoms with Gasteiger partial charge >= 0.3 is 0 Å². The van der Waals surface area contributed by atoms with Gasteiger partial charge in [0.05, 0.1) is 0 Å². The molecule has 120 valence electrons. The van der Waals surface area contributed by atoms with E-state index in [1.54, 1.807) is 0 Å². The third-order valence-corrected chi connectivity index (χ3v) is 4.61. The summed E-state index contributed by atoms with van der Waals surface area (Å²) in [6.45, 7) is 8.08. The van der Waals surface area contributed by atoms with Crippen molar-refractivity contribution in [2.75, 3.05) is 0 Å². The van der Waals surface area contributed by atoms with Gasteiger partial charge < -0.3 is 0 Å². The zero-order valence-electron chi connectivity index (χ0n) is 13.7. The fourth-order valence-electron chi connectivity index (χ4n) is 2.46. The Hall–Kier alpha value is -0.150. The molecule has 20 heavy (non-hydrogen) atoms. The molecule has 1 unspecified atom stereocenters. The van der Waals surface area contributed by atoms with Crippen LogP contribution in [0.15, 0.2) is 12.0 Å². The van der Waals surface area contributed by atoms with E-state index < -0.39 is 11.0 Å². The van der Waals surface area contributed by atoms with Gasteiger partial charge in [-0.15, -0.1) is 0 Å². The largest absolute Gasteiger partial charge is 0.238 e. The Kier molecular flexibility index (Phi) is 15.1. The van der Waals surface area contributed by atoms with Crippen molar-refractivity contribution in [3.05, 3.63) is 12.0 Å². The van der Waals surface area contributed by atoms with E-state index in [4.69, 9.17) is 0 Å². The summed E-state index contributed by atoms with van der Waals surface area (Å²) in [6, 6.07) is 0.400. The van der Waals surface area contributed by atoms with E-state index in [0.717, 1.165) is 12.8 Å². The average Bonchev–Trinajstić information content (AvgIpc) is 2.46. The van der Waals surface area contributed by atoms with Gasteiger partial charge in [0.1, 0.15) is 11.0 Å². The molecule has 1 atom stereocenters. The fraction of sp³-hybridized carbons (Fsp3) is 0.882. The molecule has 0 aliphatic carbocycles. The Morgan fingerprint density at radius 3 is 1.75 bits per heavy atom. The van der Waals surface area contributed by atoms with Crippen molar-refractivity contribution < 1.29 is 4.21 Å². The second-order valence-corrected chi connectivity index (χ2v) is 6.85. The standard InChI is InChI=1S/C17H35NOS/c1-4-7-9-11-13-15-17(18-20(19)6-3)16-14-12-10-8-5-2/h6,17-18H,3-5,7-16H2,1-2H3. The van der Waals surface area contributed by atoms with Crippen LogP contribution in [0.25, 0.3) is 0 Å². The van der Waals surface area contributed by atoms with Crippen LogP contribution < -0.4 is 4.72 Å². The zero-order valence-corrected chi connectivity index (χ0v) is 14.5. The van der Waals surface area contributed by atoms with E-state index in [-0.39, 0.29) is 0 Å². The average molecular weight is 302 g/mol. The topological polar surface area (TPSA) is 29.1 Å². The number of hydrogen-bond donors (Lipinski definition) is 1. The summed E-state index contributed by atoms with van der Waals surface area (Å²) in [6.07, 6.45) is 15.4. The predicted molar refractivity (Wildman–Crippen MR) is 92.0 cm³/mol. The molecule has 0 saturated carbocycles. The highest BCUT2D eigenvalue weighted by atomic mass is 32.2. The molecule has 0 bridgehead atoms. The van der Waals surface area contributed by atoms with Crippen molar-refractivity contribution in [1.82, 2.24) is 4.72 Å². The molecule has 0 aliphatic heterocycles. The van der Waals surface area contributed by atoms with Gasteiger partial charge in [-0.1, -0.05) is 84.6 Å². The lowest BCUT2D eigenvalue weighted by Gasteiger charge is -2.17. The molecule has 0 radical (unpaired) electrons. The molecule has 0 spiro atoms. The number of unbranched alkanes of at least 4 members (excludes halogenated alkanes) is 8. The Balaban J connectivity index is 3.82. The maximum absolute atomic E-state index is 11.6. The van der Waals surface area contributed by atoms with Crippen LogP contribution in [-0.2, 0) is 11.0 Å². The molecule has 0 amide bonds. The number of nitrogens with one attached hydrogen (secondary N) is 1. The molecule has 0 aromatic rings. The Bertz CT molecular complexity index is 229. The van der Waals surface area contributed by atoms with Crippen molar-refractivity contribution in [3.63, 3.8) is 0 Å². The highest BCUT2D eigenvalue weighted by Gasteiger charge is 2.09. The molecule has 0 aliphatic rings. The lowest BCUT2D eigenvalue weighted by Crippen LogP contribution is -2.29. The smallest absolute Gasteiger partial charge is 0.117 e. The van der Waals surface area contributed by atoms with Crippen LogP contribution in [0.1, 0.15) is 90.9 Å². The summed E-state index contributed by atoms with van der Waals surface area (Å²) in [7, 11) is -1.06. The van der Waals surface area contributed by atoms with E-state index in [9.17, 15) is 4.21 Å². The Labute approximate surface area is 129 Å². The van der Waals surface area contributed by atoms with Gasteiger partial charge in [-0.2, -0.15) is 0 Å². The second kappa shape index (κ2) is 15.2. The quantitative estimate of drug-likeness (QED) is 0.399. The molecule has 0 aromatic carbocycles. The second-order valence-electron chi connectivity index (χ2n) is 5.68. The van der Waals surface area contributed by atoms with Crippen molar-refractivity contribution in [3.8, 4) is 0 Å². The minimum absolute atomic E-state index is 0.400. The minimum atomic E-state index is -1.06. The van der Waals surface area contributed by atoms with Crippen LogP contribution >= 0.6 is 0 Å². The maximum Gasteiger partial charge on any atom is 0.117 e. The van der Waals surface area contributed by atoms with E-state index in [1.165, 1.54) is 69.6 Å². The third-order valence-electron chi connectivity index (χ3n) is 3.75. The molecular formula is C17H35NOS. The molecule has 0 heterocycles. The van der Waals surface area contributed by atoms with Gasteiger partial charge in [0, 0.05) is 11.4 Å². The molecule has 2 nitrogen and oxygen atoms in total. The highest BCUT2D eigenvalue weighted by molar-refractivity contribution is 7.86. The zero-order chi connectivity index (χ0) is 15.1. The van der Waals surface area contributed by atoms with Crippen molar-refractivity contribution >= 4 is 11.0 Å². The number of rotatable bonds is 15. The van der Waals surface area contributed by atoms with Crippen LogP contribution in [0.3, 0.4) is 0 Å².